The summed E-state index contributed by atoms with van der Waals surface area (Å²) in [6.45, 7) is 2.58. The minimum absolute atomic E-state index is 0.0313. The molecule has 1 aromatic carbocycles. The Morgan fingerprint density at radius 1 is 1.40 bits per heavy atom. The van der Waals surface area contributed by atoms with Gasteiger partial charge in [-0.25, -0.2) is 9.59 Å². The van der Waals surface area contributed by atoms with E-state index in [0.717, 1.165) is 0 Å². The summed E-state index contributed by atoms with van der Waals surface area (Å²) in [5, 5.41) is 14.4. The number of nitrogens with one attached hydrogen (secondary N) is 2. The van der Waals surface area contributed by atoms with Gasteiger partial charge in [-0.05, 0) is 39.2 Å². The fourth-order valence-electron chi connectivity index (χ4n) is 1.75. The number of carboxylic acids is 1. The quantitative estimate of drug-likeness (QED) is 0.778. The number of amides is 2. The van der Waals surface area contributed by atoms with Crippen LogP contribution in [0.2, 0.25) is 5.02 Å². The minimum atomic E-state index is -1.14. The van der Waals surface area contributed by atoms with Crippen molar-refractivity contribution in [2.24, 2.45) is 0 Å². The largest absolute Gasteiger partial charge is 0.478 e. The summed E-state index contributed by atoms with van der Waals surface area (Å²) in [7, 11) is 3.82. The van der Waals surface area contributed by atoms with Crippen LogP contribution in [0.15, 0.2) is 18.2 Å². The maximum atomic E-state index is 11.7. The molecule has 20 heavy (non-hydrogen) atoms. The van der Waals surface area contributed by atoms with Crippen molar-refractivity contribution >= 4 is 29.3 Å². The van der Waals surface area contributed by atoms with Gasteiger partial charge in [-0.1, -0.05) is 11.6 Å². The summed E-state index contributed by atoms with van der Waals surface area (Å²) in [5.74, 6) is -1.14. The average Bonchev–Trinajstić information content (AvgIpc) is 2.29. The van der Waals surface area contributed by atoms with Gasteiger partial charge in [0.05, 0.1) is 10.6 Å². The molecule has 6 nitrogen and oxygen atoms in total. The normalized spacial score (nSPS) is 12.1. The van der Waals surface area contributed by atoms with E-state index in [1.807, 2.05) is 25.9 Å². The highest BCUT2D eigenvalue weighted by atomic mass is 35.5. The molecule has 0 radical (unpaired) electrons. The number of benzene rings is 1. The third-order valence-electron chi connectivity index (χ3n) is 2.47. The molecule has 1 atom stereocenters. The van der Waals surface area contributed by atoms with Gasteiger partial charge in [-0.2, -0.15) is 0 Å². The number of hydrogen-bond acceptors (Lipinski definition) is 3. The molecule has 0 spiro atoms. The van der Waals surface area contributed by atoms with Gasteiger partial charge >= 0.3 is 12.0 Å². The topological polar surface area (TPSA) is 81.7 Å². The summed E-state index contributed by atoms with van der Waals surface area (Å²) in [4.78, 5) is 24.6. The highest BCUT2D eigenvalue weighted by molar-refractivity contribution is 6.33. The number of aromatic carboxylic acids is 1. The van der Waals surface area contributed by atoms with Crippen LogP contribution < -0.4 is 10.6 Å². The number of rotatable bonds is 5. The number of anilines is 1. The second kappa shape index (κ2) is 7.12. The van der Waals surface area contributed by atoms with E-state index in [4.69, 9.17) is 16.7 Å². The Morgan fingerprint density at radius 3 is 2.60 bits per heavy atom. The van der Waals surface area contributed by atoms with Gasteiger partial charge in [0.25, 0.3) is 0 Å². The zero-order valence-electron chi connectivity index (χ0n) is 11.6. The van der Waals surface area contributed by atoms with Crippen molar-refractivity contribution in [3.8, 4) is 0 Å². The van der Waals surface area contributed by atoms with Crippen LogP contribution in [0.4, 0.5) is 10.5 Å². The number of carbonyl (C=O) groups excluding carboxylic acids is 1. The number of urea groups is 1. The lowest BCUT2D eigenvalue weighted by Crippen LogP contribution is -2.41. The first kappa shape index (κ1) is 16.3. The molecular formula is C13H18ClN3O3. The number of halogens is 1. The van der Waals surface area contributed by atoms with Gasteiger partial charge in [-0.3, -0.25) is 0 Å². The van der Waals surface area contributed by atoms with E-state index in [2.05, 4.69) is 10.6 Å². The molecule has 0 aliphatic carbocycles. The smallest absolute Gasteiger partial charge is 0.337 e. The van der Waals surface area contributed by atoms with Crippen molar-refractivity contribution in [2.75, 3.05) is 26.0 Å². The number of carbonyl (C=O) groups is 2. The minimum Gasteiger partial charge on any atom is -0.478 e. The van der Waals surface area contributed by atoms with Crippen LogP contribution in [0.1, 0.15) is 17.3 Å². The van der Waals surface area contributed by atoms with E-state index in [9.17, 15) is 9.59 Å². The first-order chi connectivity index (χ1) is 9.29. The molecule has 0 fully saturated rings. The summed E-state index contributed by atoms with van der Waals surface area (Å²) >= 11 is 5.75. The molecule has 7 heteroatoms. The van der Waals surface area contributed by atoms with Crippen LogP contribution in [-0.2, 0) is 0 Å². The highest BCUT2D eigenvalue weighted by Crippen LogP contribution is 2.20. The Hall–Kier alpha value is -1.79. The Balaban J connectivity index is 2.67. The SMILES string of the molecule is CC(CN(C)C)NC(=O)Nc1ccc(Cl)c(C(=O)O)c1. The van der Waals surface area contributed by atoms with Crippen LogP contribution >= 0.6 is 11.6 Å². The molecule has 0 saturated carbocycles. The molecule has 0 bridgehead atoms. The van der Waals surface area contributed by atoms with Crippen LogP contribution in [0.5, 0.6) is 0 Å². The van der Waals surface area contributed by atoms with Crippen LogP contribution in [-0.4, -0.2) is 48.7 Å². The van der Waals surface area contributed by atoms with Crippen molar-refractivity contribution < 1.29 is 14.7 Å². The molecule has 0 aliphatic heterocycles. The maximum Gasteiger partial charge on any atom is 0.337 e. The van der Waals surface area contributed by atoms with E-state index >= 15 is 0 Å². The molecule has 0 aliphatic rings. The average molecular weight is 300 g/mol. The van der Waals surface area contributed by atoms with Crippen LogP contribution in [0.25, 0.3) is 0 Å². The van der Waals surface area contributed by atoms with Crippen molar-refractivity contribution in [3.05, 3.63) is 28.8 Å². The molecule has 1 aromatic rings. The summed E-state index contributed by atoms with van der Waals surface area (Å²) in [6.07, 6.45) is 0. The number of likely N-dealkylation sites (N-methyl/N-ethyl adjacent to an activating group) is 1. The van der Waals surface area contributed by atoms with E-state index in [1.165, 1.54) is 12.1 Å². The predicted molar refractivity (Wildman–Crippen MR) is 78.6 cm³/mol. The van der Waals surface area contributed by atoms with Crippen LogP contribution in [0, 0.1) is 0 Å². The van der Waals surface area contributed by atoms with E-state index in [1.54, 1.807) is 6.07 Å². The van der Waals surface area contributed by atoms with Crippen molar-refractivity contribution in [2.45, 2.75) is 13.0 Å². The zero-order valence-corrected chi connectivity index (χ0v) is 12.4. The molecule has 1 rings (SSSR count). The highest BCUT2D eigenvalue weighted by Gasteiger charge is 2.12. The number of carboxylic acid groups (broad SMARTS) is 1. The van der Waals surface area contributed by atoms with Gasteiger partial charge in [-0.15, -0.1) is 0 Å². The Morgan fingerprint density at radius 2 is 2.05 bits per heavy atom. The van der Waals surface area contributed by atoms with E-state index in [-0.39, 0.29) is 16.6 Å². The lowest BCUT2D eigenvalue weighted by Gasteiger charge is -2.18. The van der Waals surface area contributed by atoms with E-state index in [0.29, 0.717) is 12.2 Å². The van der Waals surface area contributed by atoms with Crippen molar-refractivity contribution in [1.29, 1.82) is 0 Å². The fraction of sp³-hybridized carbons (Fsp3) is 0.385. The number of hydrogen-bond donors (Lipinski definition) is 3. The molecule has 0 saturated heterocycles. The third-order valence-corrected chi connectivity index (χ3v) is 2.80. The first-order valence-electron chi connectivity index (χ1n) is 6.04. The number of nitrogens with zero attached hydrogens (tertiary/aromatic N) is 1. The van der Waals surface area contributed by atoms with Gasteiger partial charge in [0.1, 0.15) is 0 Å². The second-order valence-corrected chi connectivity index (χ2v) is 5.17. The Bertz CT molecular complexity index is 506. The Kier molecular flexibility index (Phi) is 5.79. The van der Waals surface area contributed by atoms with Gasteiger partial charge in [0.15, 0.2) is 0 Å². The fourth-order valence-corrected chi connectivity index (χ4v) is 1.95. The molecule has 0 aromatic heterocycles. The van der Waals surface area contributed by atoms with E-state index < -0.39 is 12.0 Å². The monoisotopic (exact) mass is 299 g/mol. The summed E-state index contributed by atoms with van der Waals surface area (Å²) in [5.41, 5.74) is 0.326. The standard InChI is InChI=1S/C13H18ClN3O3/c1-8(7-17(2)3)15-13(20)16-9-4-5-11(14)10(6-9)12(18)19/h4-6,8H,7H2,1-3H3,(H,18,19)(H2,15,16,20). The summed E-state index contributed by atoms with van der Waals surface area (Å²) < 4.78 is 0. The van der Waals surface area contributed by atoms with Gasteiger partial charge in [0.2, 0.25) is 0 Å². The molecule has 2 amide bonds. The van der Waals surface area contributed by atoms with Crippen molar-refractivity contribution in [1.82, 2.24) is 10.2 Å². The maximum absolute atomic E-state index is 11.7. The molecule has 0 heterocycles. The third kappa shape index (κ3) is 5.07. The summed E-state index contributed by atoms with van der Waals surface area (Å²) in [6, 6.07) is 3.88. The molecular weight excluding hydrogens is 282 g/mol. The van der Waals surface area contributed by atoms with Crippen LogP contribution in [0.3, 0.4) is 0 Å². The lowest BCUT2D eigenvalue weighted by molar-refractivity contribution is 0.0697. The second-order valence-electron chi connectivity index (χ2n) is 4.76. The predicted octanol–water partition coefficient (Wildman–Crippen LogP) is 2.11. The zero-order chi connectivity index (χ0) is 15.3. The van der Waals surface area contributed by atoms with Crippen molar-refractivity contribution in [3.63, 3.8) is 0 Å². The Labute approximate surface area is 122 Å². The lowest BCUT2D eigenvalue weighted by atomic mass is 10.2. The van der Waals surface area contributed by atoms with Gasteiger partial charge < -0.3 is 20.6 Å². The van der Waals surface area contributed by atoms with Gasteiger partial charge in [0, 0.05) is 18.3 Å². The molecule has 3 N–H and O–H groups in total. The first-order valence-corrected chi connectivity index (χ1v) is 6.42. The molecule has 110 valence electrons. The molecule has 1 unspecified atom stereocenters.